The number of carbonyl (C=O) groups is 2. The summed E-state index contributed by atoms with van der Waals surface area (Å²) in [5, 5.41) is 3.18. The van der Waals surface area contributed by atoms with Crippen LogP contribution in [-0.4, -0.2) is 11.9 Å². The summed E-state index contributed by atoms with van der Waals surface area (Å²) < 4.78 is 7.90. The second kappa shape index (κ2) is 9.80. The highest BCUT2D eigenvalue weighted by Crippen LogP contribution is 2.31. The molecule has 1 heterocycles. The molecule has 3 aromatic carbocycles. The van der Waals surface area contributed by atoms with Gasteiger partial charge in [0.25, 0.3) is 5.91 Å². The quantitative estimate of drug-likeness (QED) is 0.191. The number of nitrogens with one attached hydrogen (secondary N) is 1. The van der Waals surface area contributed by atoms with Gasteiger partial charge in [-0.1, -0.05) is 41.4 Å². The molecule has 0 aliphatic carbocycles. The molecule has 1 aliphatic heterocycles. The molecule has 0 aromatic heterocycles. The number of rotatable bonds is 5. The summed E-state index contributed by atoms with van der Waals surface area (Å²) in [7, 11) is 0. The number of amides is 3. The summed E-state index contributed by atoms with van der Waals surface area (Å²) in [5.41, 5.74) is 3.76. The fourth-order valence-corrected chi connectivity index (χ4v) is 5.54. The van der Waals surface area contributed by atoms with Gasteiger partial charge in [0, 0.05) is 5.02 Å². The summed E-state index contributed by atoms with van der Waals surface area (Å²) in [5.74, 6) is 0.376. The molecule has 0 atom stereocenters. The number of nitrogens with zero attached hydrogens (tertiary/aromatic N) is 1. The van der Waals surface area contributed by atoms with Crippen LogP contribution >= 0.6 is 56.8 Å². The van der Waals surface area contributed by atoms with Crippen molar-refractivity contribution in [3.05, 3.63) is 95.2 Å². The average Bonchev–Trinajstić information content (AvgIpc) is 3.01. The molecule has 1 aliphatic rings. The van der Waals surface area contributed by atoms with Crippen molar-refractivity contribution in [2.24, 2.45) is 0 Å². The van der Waals surface area contributed by atoms with E-state index in [-0.39, 0.29) is 5.70 Å². The Morgan fingerprint density at radius 1 is 1.03 bits per heavy atom. The Labute approximate surface area is 218 Å². The maximum absolute atomic E-state index is 12.8. The summed E-state index contributed by atoms with van der Waals surface area (Å²) >= 11 is 10.3. The van der Waals surface area contributed by atoms with Crippen LogP contribution in [0.4, 0.5) is 10.5 Å². The smallest absolute Gasteiger partial charge is 0.333 e. The van der Waals surface area contributed by atoms with Gasteiger partial charge < -0.3 is 10.1 Å². The monoisotopic (exact) mass is 670 g/mol. The SMILES string of the molecule is Cc1cccc(COc2c(I)cc(/C=C3/NC(=O)N(c4ccc(Cl)cc4)C3=O)cc2I)c1. The van der Waals surface area contributed by atoms with Crippen LogP contribution in [-0.2, 0) is 11.4 Å². The number of ether oxygens (including phenoxy) is 1. The lowest BCUT2D eigenvalue weighted by molar-refractivity contribution is -0.113. The summed E-state index contributed by atoms with van der Waals surface area (Å²) in [4.78, 5) is 26.3. The minimum absolute atomic E-state index is 0.213. The second-order valence-corrected chi connectivity index (χ2v) is 9.96. The third-order valence-electron chi connectivity index (χ3n) is 4.76. The molecule has 5 nitrogen and oxygen atoms in total. The predicted molar refractivity (Wildman–Crippen MR) is 143 cm³/mol. The molecule has 1 saturated heterocycles. The average molecular weight is 671 g/mol. The highest BCUT2D eigenvalue weighted by atomic mass is 127. The van der Waals surface area contributed by atoms with E-state index in [1.54, 1.807) is 30.3 Å². The number of benzene rings is 3. The molecular formula is C24H17ClI2N2O3. The lowest BCUT2D eigenvalue weighted by atomic mass is 10.1. The van der Waals surface area contributed by atoms with Crippen LogP contribution in [0.25, 0.3) is 6.08 Å². The lowest BCUT2D eigenvalue weighted by Gasteiger charge is -2.12. The van der Waals surface area contributed by atoms with Crippen LogP contribution in [0.5, 0.6) is 5.75 Å². The number of halogens is 3. The van der Waals surface area contributed by atoms with Crippen molar-refractivity contribution in [2.75, 3.05) is 4.90 Å². The first-order chi connectivity index (χ1) is 15.3. The molecule has 0 radical (unpaired) electrons. The topological polar surface area (TPSA) is 58.6 Å². The van der Waals surface area contributed by atoms with Crippen LogP contribution in [0.3, 0.4) is 0 Å². The van der Waals surface area contributed by atoms with E-state index >= 15 is 0 Å². The van der Waals surface area contributed by atoms with Gasteiger partial charge in [-0.05, 0) is 106 Å². The molecule has 32 heavy (non-hydrogen) atoms. The minimum Gasteiger partial charge on any atom is -0.487 e. The third kappa shape index (κ3) is 5.10. The van der Waals surface area contributed by atoms with Crippen molar-refractivity contribution in [2.45, 2.75) is 13.5 Å². The minimum atomic E-state index is -0.494. The fraction of sp³-hybridized carbons (Fsp3) is 0.0833. The molecule has 1 N–H and O–H groups in total. The Morgan fingerprint density at radius 2 is 1.72 bits per heavy atom. The van der Waals surface area contributed by atoms with E-state index in [2.05, 4.69) is 69.6 Å². The first-order valence-corrected chi connectivity index (χ1v) is 12.2. The normalized spacial score (nSPS) is 14.8. The molecule has 162 valence electrons. The van der Waals surface area contributed by atoms with Crippen LogP contribution < -0.4 is 15.0 Å². The largest absolute Gasteiger partial charge is 0.487 e. The van der Waals surface area contributed by atoms with Gasteiger partial charge in [0.05, 0.1) is 12.8 Å². The van der Waals surface area contributed by atoms with E-state index in [9.17, 15) is 9.59 Å². The summed E-state index contributed by atoms with van der Waals surface area (Å²) in [6.07, 6.45) is 1.67. The van der Waals surface area contributed by atoms with Crippen molar-refractivity contribution in [3.8, 4) is 5.75 Å². The number of carbonyl (C=O) groups excluding carboxylic acids is 2. The zero-order chi connectivity index (χ0) is 22.8. The van der Waals surface area contributed by atoms with Crippen molar-refractivity contribution in [1.82, 2.24) is 5.32 Å². The van der Waals surface area contributed by atoms with Crippen molar-refractivity contribution in [3.63, 3.8) is 0 Å². The summed E-state index contributed by atoms with van der Waals surface area (Å²) in [6.45, 7) is 2.52. The van der Waals surface area contributed by atoms with Gasteiger partial charge in [0.15, 0.2) is 0 Å². The van der Waals surface area contributed by atoms with E-state index in [1.165, 1.54) is 5.56 Å². The van der Waals surface area contributed by atoms with Gasteiger partial charge in [0.1, 0.15) is 18.1 Å². The standard InChI is InChI=1S/C24H17ClI2N2O3/c1-14-3-2-4-15(9-14)13-32-22-19(26)10-16(11-20(22)27)12-21-23(30)29(24(31)28-21)18-7-5-17(25)6-8-18/h2-12H,13H2,1H3,(H,28,31)/b21-12+. The summed E-state index contributed by atoms with van der Waals surface area (Å²) in [6, 6.07) is 18.1. The van der Waals surface area contributed by atoms with E-state index in [0.29, 0.717) is 17.3 Å². The number of urea groups is 1. The first-order valence-electron chi connectivity index (χ1n) is 9.62. The molecular weight excluding hydrogens is 654 g/mol. The molecule has 0 spiro atoms. The van der Waals surface area contributed by atoms with Gasteiger partial charge in [-0.25, -0.2) is 9.69 Å². The maximum Gasteiger partial charge on any atom is 0.333 e. The Kier molecular flexibility index (Phi) is 7.06. The van der Waals surface area contributed by atoms with E-state index in [4.69, 9.17) is 16.3 Å². The van der Waals surface area contributed by atoms with Crippen LogP contribution in [0, 0.1) is 14.1 Å². The third-order valence-corrected chi connectivity index (χ3v) is 6.61. The number of hydrogen-bond donors (Lipinski definition) is 1. The van der Waals surface area contributed by atoms with Gasteiger partial charge in [-0.3, -0.25) is 4.79 Å². The van der Waals surface area contributed by atoms with Crippen LogP contribution in [0.1, 0.15) is 16.7 Å². The van der Waals surface area contributed by atoms with E-state index in [1.807, 2.05) is 24.3 Å². The second-order valence-electron chi connectivity index (χ2n) is 7.20. The zero-order valence-electron chi connectivity index (χ0n) is 16.9. The highest BCUT2D eigenvalue weighted by Gasteiger charge is 2.34. The van der Waals surface area contributed by atoms with Gasteiger partial charge >= 0.3 is 6.03 Å². The van der Waals surface area contributed by atoms with Gasteiger partial charge in [0.2, 0.25) is 0 Å². The predicted octanol–water partition coefficient (Wildman–Crippen LogP) is 6.53. The molecule has 0 saturated carbocycles. The highest BCUT2D eigenvalue weighted by molar-refractivity contribution is 14.1. The lowest BCUT2D eigenvalue weighted by Crippen LogP contribution is -2.30. The van der Waals surface area contributed by atoms with Gasteiger partial charge in [-0.2, -0.15) is 0 Å². The van der Waals surface area contributed by atoms with Crippen molar-refractivity contribution in [1.29, 1.82) is 0 Å². The van der Waals surface area contributed by atoms with Crippen molar-refractivity contribution >= 4 is 80.5 Å². The molecule has 0 unspecified atom stereocenters. The molecule has 4 rings (SSSR count). The zero-order valence-corrected chi connectivity index (χ0v) is 21.9. The number of hydrogen-bond acceptors (Lipinski definition) is 3. The van der Waals surface area contributed by atoms with Crippen molar-refractivity contribution < 1.29 is 14.3 Å². The molecule has 0 bridgehead atoms. The number of aryl methyl sites for hydroxylation is 1. The fourth-order valence-electron chi connectivity index (χ4n) is 3.28. The Hall–Kier alpha value is -2.11. The van der Waals surface area contributed by atoms with E-state index in [0.717, 1.165) is 28.9 Å². The molecule has 1 fully saturated rings. The Balaban J connectivity index is 1.54. The van der Waals surface area contributed by atoms with Crippen LogP contribution in [0.2, 0.25) is 5.02 Å². The van der Waals surface area contributed by atoms with Crippen LogP contribution in [0.15, 0.2) is 66.4 Å². The Bertz CT molecular complexity index is 1220. The van der Waals surface area contributed by atoms with Gasteiger partial charge in [-0.15, -0.1) is 0 Å². The Morgan fingerprint density at radius 3 is 2.38 bits per heavy atom. The molecule has 3 amide bonds. The molecule has 8 heteroatoms. The first kappa shape index (κ1) is 23.1. The molecule has 3 aromatic rings. The number of anilines is 1. The number of imide groups is 1. The van der Waals surface area contributed by atoms with E-state index < -0.39 is 11.9 Å². The maximum atomic E-state index is 12.8.